The minimum Gasteiger partial charge on any atom is -0.493 e. The molecule has 0 saturated carbocycles. The quantitative estimate of drug-likeness (QED) is 0.793. The minimum absolute atomic E-state index is 0.246. The largest absolute Gasteiger partial charge is 0.493 e. The molecule has 1 atom stereocenters. The van der Waals surface area contributed by atoms with Crippen LogP contribution in [0.2, 0.25) is 0 Å². The molecule has 2 nitrogen and oxygen atoms in total. The molecule has 2 rings (SSSR count). The van der Waals surface area contributed by atoms with Gasteiger partial charge in [0.1, 0.15) is 11.6 Å². The molecule has 1 fully saturated rings. The molecule has 0 amide bonds. The molecule has 1 aromatic carbocycles. The van der Waals surface area contributed by atoms with Crippen LogP contribution < -0.4 is 10.1 Å². The van der Waals surface area contributed by atoms with Gasteiger partial charge < -0.3 is 10.1 Å². The molecule has 0 aromatic heterocycles. The van der Waals surface area contributed by atoms with Crippen LogP contribution in [-0.2, 0) is 0 Å². The van der Waals surface area contributed by atoms with Crippen LogP contribution in [0, 0.1) is 5.82 Å². The van der Waals surface area contributed by atoms with E-state index in [1.54, 1.807) is 12.1 Å². The molecule has 1 unspecified atom stereocenters. The third-order valence-electron chi connectivity index (χ3n) is 2.46. The molecule has 1 aromatic rings. The van der Waals surface area contributed by atoms with Crippen LogP contribution in [0.1, 0.15) is 12.8 Å². The second-order valence-electron chi connectivity index (χ2n) is 3.53. The summed E-state index contributed by atoms with van der Waals surface area (Å²) in [6.07, 6.45) is 2.23. The average molecular weight is 195 g/mol. The van der Waals surface area contributed by atoms with Gasteiger partial charge >= 0.3 is 0 Å². The summed E-state index contributed by atoms with van der Waals surface area (Å²) in [7, 11) is 0. The molecule has 1 saturated heterocycles. The van der Waals surface area contributed by atoms with E-state index in [2.05, 4.69) is 5.32 Å². The SMILES string of the molecule is Fc1cccc(OCCC2CCN2)c1. The molecule has 0 spiro atoms. The third-order valence-corrected chi connectivity index (χ3v) is 2.46. The lowest BCUT2D eigenvalue weighted by atomic mass is 10.0. The fraction of sp³-hybridized carbons (Fsp3) is 0.455. The number of rotatable bonds is 4. The van der Waals surface area contributed by atoms with Crippen molar-refractivity contribution in [1.29, 1.82) is 0 Å². The van der Waals surface area contributed by atoms with Gasteiger partial charge in [-0.1, -0.05) is 6.07 Å². The Morgan fingerprint density at radius 1 is 1.50 bits per heavy atom. The van der Waals surface area contributed by atoms with Gasteiger partial charge in [-0.3, -0.25) is 0 Å². The molecular weight excluding hydrogens is 181 g/mol. The zero-order valence-corrected chi connectivity index (χ0v) is 8.00. The summed E-state index contributed by atoms with van der Waals surface area (Å²) in [6.45, 7) is 1.77. The van der Waals surface area contributed by atoms with Crippen molar-refractivity contribution in [1.82, 2.24) is 5.32 Å². The second-order valence-corrected chi connectivity index (χ2v) is 3.53. The summed E-state index contributed by atoms with van der Waals surface area (Å²) in [5.41, 5.74) is 0. The van der Waals surface area contributed by atoms with E-state index < -0.39 is 0 Å². The van der Waals surface area contributed by atoms with E-state index in [4.69, 9.17) is 4.74 Å². The maximum absolute atomic E-state index is 12.7. The first kappa shape index (κ1) is 9.46. The number of hydrogen-bond acceptors (Lipinski definition) is 2. The van der Waals surface area contributed by atoms with E-state index in [1.807, 2.05) is 0 Å². The van der Waals surface area contributed by atoms with Crippen LogP contribution in [0.15, 0.2) is 24.3 Å². The zero-order chi connectivity index (χ0) is 9.80. The molecule has 1 N–H and O–H groups in total. The Labute approximate surface area is 83.1 Å². The minimum atomic E-state index is -0.246. The molecule has 1 aliphatic rings. The van der Waals surface area contributed by atoms with Gasteiger partial charge in [-0.2, -0.15) is 0 Å². The number of ether oxygens (including phenoxy) is 1. The highest BCUT2D eigenvalue weighted by molar-refractivity contribution is 5.22. The van der Waals surface area contributed by atoms with Crippen LogP contribution in [0.25, 0.3) is 0 Å². The summed E-state index contributed by atoms with van der Waals surface area (Å²) in [4.78, 5) is 0. The average Bonchev–Trinajstić information content (AvgIpc) is 2.09. The predicted octanol–water partition coefficient (Wildman–Crippen LogP) is 1.96. The van der Waals surface area contributed by atoms with E-state index in [9.17, 15) is 4.39 Å². The first-order chi connectivity index (χ1) is 6.84. The van der Waals surface area contributed by atoms with Gasteiger partial charge in [-0.25, -0.2) is 4.39 Å². The van der Waals surface area contributed by atoms with Gasteiger partial charge in [-0.05, 0) is 31.5 Å². The Bertz CT molecular complexity index is 299. The molecule has 1 aliphatic heterocycles. The maximum Gasteiger partial charge on any atom is 0.126 e. The molecule has 3 heteroatoms. The van der Waals surface area contributed by atoms with Crippen molar-refractivity contribution in [2.45, 2.75) is 18.9 Å². The lowest BCUT2D eigenvalue weighted by Crippen LogP contribution is -2.43. The lowest BCUT2D eigenvalue weighted by molar-refractivity contribution is 0.252. The van der Waals surface area contributed by atoms with E-state index in [1.165, 1.54) is 18.6 Å². The molecule has 76 valence electrons. The van der Waals surface area contributed by atoms with Crippen molar-refractivity contribution >= 4 is 0 Å². The van der Waals surface area contributed by atoms with Crippen molar-refractivity contribution in [2.75, 3.05) is 13.2 Å². The zero-order valence-electron chi connectivity index (χ0n) is 8.00. The van der Waals surface area contributed by atoms with Crippen LogP contribution >= 0.6 is 0 Å². The number of halogens is 1. The van der Waals surface area contributed by atoms with Crippen molar-refractivity contribution < 1.29 is 9.13 Å². The Hall–Kier alpha value is -1.09. The van der Waals surface area contributed by atoms with Crippen LogP contribution in [0.4, 0.5) is 4.39 Å². The van der Waals surface area contributed by atoms with Crippen molar-refractivity contribution in [3.63, 3.8) is 0 Å². The highest BCUT2D eigenvalue weighted by Crippen LogP contribution is 2.13. The van der Waals surface area contributed by atoms with Gasteiger partial charge in [0.2, 0.25) is 0 Å². The number of nitrogens with one attached hydrogen (secondary N) is 1. The van der Waals surface area contributed by atoms with Crippen molar-refractivity contribution in [2.24, 2.45) is 0 Å². The third kappa shape index (κ3) is 2.45. The summed E-state index contributed by atoms with van der Waals surface area (Å²) >= 11 is 0. The number of hydrogen-bond donors (Lipinski definition) is 1. The van der Waals surface area contributed by atoms with Crippen LogP contribution in [-0.4, -0.2) is 19.2 Å². The first-order valence-electron chi connectivity index (χ1n) is 4.96. The second kappa shape index (κ2) is 4.42. The highest BCUT2D eigenvalue weighted by Gasteiger charge is 2.15. The monoisotopic (exact) mass is 195 g/mol. The Morgan fingerprint density at radius 3 is 3.00 bits per heavy atom. The van der Waals surface area contributed by atoms with E-state index in [0.29, 0.717) is 18.4 Å². The molecular formula is C11H14FNO. The van der Waals surface area contributed by atoms with E-state index in [0.717, 1.165) is 13.0 Å². The van der Waals surface area contributed by atoms with Crippen LogP contribution in [0.3, 0.4) is 0 Å². The molecule has 0 radical (unpaired) electrons. The summed E-state index contributed by atoms with van der Waals surface area (Å²) in [5.74, 6) is 0.369. The number of benzene rings is 1. The lowest BCUT2D eigenvalue weighted by Gasteiger charge is -2.27. The summed E-state index contributed by atoms with van der Waals surface area (Å²) in [6, 6.07) is 6.86. The Balaban J connectivity index is 1.74. The van der Waals surface area contributed by atoms with Gasteiger partial charge in [0, 0.05) is 12.1 Å². The topological polar surface area (TPSA) is 21.3 Å². The standard InChI is InChI=1S/C11H14FNO/c12-9-2-1-3-11(8-9)14-7-5-10-4-6-13-10/h1-3,8,10,13H,4-7H2. The summed E-state index contributed by atoms with van der Waals surface area (Å²) < 4.78 is 18.2. The highest BCUT2D eigenvalue weighted by atomic mass is 19.1. The Morgan fingerprint density at radius 2 is 2.36 bits per heavy atom. The van der Waals surface area contributed by atoms with E-state index in [-0.39, 0.29) is 5.82 Å². The molecule has 1 heterocycles. The van der Waals surface area contributed by atoms with E-state index >= 15 is 0 Å². The molecule has 0 bridgehead atoms. The van der Waals surface area contributed by atoms with Crippen molar-refractivity contribution in [3.05, 3.63) is 30.1 Å². The Kier molecular flexibility index (Phi) is 2.99. The fourth-order valence-electron chi connectivity index (χ4n) is 1.47. The predicted molar refractivity (Wildman–Crippen MR) is 52.9 cm³/mol. The normalized spacial score (nSPS) is 20.2. The van der Waals surface area contributed by atoms with Gasteiger partial charge in [0.25, 0.3) is 0 Å². The summed E-state index contributed by atoms with van der Waals surface area (Å²) in [5, 5.41) is 3.29. The van der Waals surface area contributed by atoms with Crippen LogP contribution in [0.5, 0.6) is 5.75 Å². The molecule has 0 aliphatic carbocycles. The molecule has 14 heavy (non-hydrogen) atoms. The van der Waals surface area contributed by atoms with Gasteiger partial charge in [-0.15, -0.1) is 0 Å². The smallest absolute Gasteiger partial charge is 0.126 e. The van der Waals surface area contributed by atoms with Gasteiger partial charge in [0.05, 0.1) is 6.61 Å². The first-order valence-corrected chi connectivity index (χ1v) is 4.96. The van der Waals surface area contributed by atoms with Gasteiger partial charge in [0.15, 0.2) is 0 Å². The maximum atomic E-state index is 12.7. The van der Waals surface area contributed by atoms with Crippen molar-refractivity contribution in [3.8, 4) is 5.75 Å². The fourth-order valence-corrected chi connectivity index (χ4v) is 1.47.